The van der Waals surface area contributed by atoms with E-state index < -0.39 is 9.84 Å². The second-order valence-electron chi connectivity index (χ2n) is 6.81. The average molecular weight is 455 g/mol. The van der Waals surface area contributed by atoms with E-state index in [4.69, 9.17) is 16.6 Å². The highest BCUT2D eigenvalue weighted by Gasteiger charge is 2.15. The second kappa shape index (κ2) is 8.68. The van der Waals surface area contributed by atoms with Gasteiger partial charge >= 0.3 is 0 Å². The molecule has 1 heterocycles. The number of halogens is 1. The first-order valence-corrected chi connectivity index (χ1v) is 12.5. The summed E-state index contributed by atoms with van der Waals surface area (Å²) in [6, 6.07) is 24.5. The van der Waals surface area contributed by atoms with Gasteiger partial charge in [0.1, 0.15) is 5.82 Å². The van der Waals surface area contributed by atoms with Crippen LogP contribution in [0.3, 0.4) is 0 Å². The molecule has 0 bridgehead atoms. The van der Waals surface area contributed by atoms with Crippen molar-refractivity contribution in [3.8, 4) is 22.6 Å². The van der Waals surface area contributed by atoms with Crippen LogP contribution >= 0.6 is 23.4 Å². The topological polar surface area (TPSA) is 62.8 Å². The summed E-state index contributed by atoms with van der Waals surface area (Å²) in [4.78, 5) is 9.70. The van der Waals surface area contributed by atoms with Gasteiger partial charge in [-0.1, -0.05) is 41.9 Å². The van der Waals surface area contributed by atoms with E-state index in [1.807, 2.05) is 54.6 Å². The molecule has 1 aromatic heterocycles. The van der Waals surface area contributed by atoms with Gasteiger partial charge in [-0.3, -0.25) is 0 Å². The quantitative estimate of drug-likeness (QED) is 0.358. The van der Waals surface area contributed by atoms with Crippen molar-refractivity contribution in [2.75, 3.05) is 6.26 Å². The molecule has 4 rings (SSSR count). The molecule has 0 fully saturated rings. The van der Waals surface area contributed by atoms with Gasteiger partial charge in [-0.05, 0) is 54.1 Å². The Morgan fingerprint density at radius 3 is 2.17 bits per heavy atom. The van der Waals surface area contributed by atoms with Crippen LogP contribution in [-0.2, 0) is 15.6 Å². The number of H-pyrrole nitrogens is 1. The number of thioether (sulfide) groups is 1. The van der Waals surface area contributed by atoms with Crippen LogP contribution in [0.4, 0.5) is 0 Å². The molecule has 4 nitrogen and oxygen atoms in total. The number of hydrogen-bond acceptors (Lipinski definition) is 4. The molecule has 0 aliphatic rings. The average Bonchev–Trinajstić information content (AvgIpc) is 3.17. The molecule has 0 spiro atoms. The molecular formula is C23H19ClN2O2S2. The summed E-state index contributed by atoms with van der Waals surface area (Å²) < 4.78 is 23.6. The summed E-state index contributed by atoms with van der Waals surface area (Å²) in [6.07, 6.45) is 1.21. The van der Waals surface area contributed by atoms with E-state index in [-0.39, 0.29) is 0 Å². The first-order chi connectivity index (χ1) is 14.4. The van der Waals surface area contributed by atoms with Gasteiger partial charge in [0.05, 0.1) is 16.3 Å². The molecule has 0 unspecified atom stereocenters. The van der Waals surface area contributed by atoms with Crippen molar-refractivity contribution in [3.05, 3.63) is 89.6 Å². The second-order valence-corrected chi connectivity index (χ2v) is 10.3. The van der Waals surface area contributed by atoms with Gasteiger partial charge < -0.3 is 4.98 Å². The van der Waals surface area contributed by atoms with Gasteiger partial charge in [-0.15, -0.1) is 11.8 Å². The molecule has 30 heavy (non-hydrogen) atoms. The van der Waals surface area contributed by atoms with Crippen molar-refractivity contribution < 1.29 is 8.42 Å². The fourth-order valence-electron chi connectivity index (χ4n) is 3.03. The van der Waals surface area contributed by atoms with E-state index in [1.165, 1.54) is 6.26 Å². The lowest BCUT2D eigenvalue weighted by atomic mass is 10.1. The third-order valence-corrected chi connectivity index (χ3v) is 6.99. The number of aromatic amines is 1. The minimum Gasteiger partial charge on any atom is -0.338 e. The van der Waals surface area contributed by atoms with Gasteiger partial charge in [0.2, 0.25) is 0 Å². The molecule has 0 radical (unpaired) electrons. The standard InChI is InChI=1S/C23H19ClN2O2S2/c1-30(27,28)20-13-9-16(10-14-20)22-21(15-29-19-5-3-2-4-6-19)25-23(26-22)17-7-11-18(24)12-8-17/h2-14H,15H2,1H3,(H,25,26). The predicted octanol–water partition coefficient (Wildman–Crippen LogP) is 6.09. The molecule has 0 amide bonds. The van der Waals surface area contributed by atoms with Gasteiger partial charge in [-0.25, -0.2) is 13.4 Å². The van der Waals surface area contributed by atoms with Crippen LogP contribution in [0.2, 0.25) is 5.02 Å². The largest absolute Gasteiger partial charge is 0.338 e. The maximum absolute atomic E-state index is 11.8. The highest BCUT2D eigenvalue weighted by atomic mass is 35.5. The van der Waals surface area contributed by atoms with Crippen LogP contribution in [0, 0.1) is 0 Å². The zero-order valence-corrected chi connectivity index (χ0v) is 18.6. The molecule has 3 aromatic carbocycles. The Balaban J connectivity index is 1.72. The van der Waals surface area contributed by atoms with Crippen LogP contribution in [0.5, 0.6) is 0 Å². The molecule has 0 aliphatic carbocycles. The van der Waals surface area contributed by atoms with E-state index in [0.29, 0.717) is 15.7 Å². The van der Waals surface area contributed by atoms with Crippen molar-refractivity contribution in [1.29, 1.82) is 0 Å². The van der Waals surface area contributed by atoms with Crippen LogP contribution in [0.1, 0.15) is 5.69 Å². The number of imidazole rings is 1. The third kappa shape index (κ3) is 4.78. The predicted molar refractivity (Wildman–Crippen MR) is 124 cm³/mol. The van der Waals surface area contributed by atoms with Crippen molar-refractivity contribution in [2.45, 2.75) is 15.5 Å². The highest BCUT2D eigenvalue weighted by Crippen LogP contribution is 2.32. The summed E-state index contributed by atoms with van der Waals surface area (Å²) in [6.45, 7) is 0. The number of nitrogens with zero attached hydrogens (tertiary/aromatic N) is 1. The molecule has 0 saturated carbocycles. The summed E-state index contributed by atoms with van der Waals surface area (Å²) in [5.74, 6) is 1.43. The summed E-state index contributed by atoms with van der Waals surface area (Å²) in [5.41, 5.74) is 3.60. The first-order valence-electron chi connectivity index (χ1n) is 9.23. The van der Waals surface area contributed by atoms with E-state index in [1.54, 1.807) is 23.9 Å². The lowest BCUT2D eigenvalue weighted by Crippen LogP contribution is -1.96. The smallest absolute Gasteiger partial charge is 0.175 e. The summed E-state index contributed by atoms with van der Waals surface area (Å²) >= 11 is 7.72. The first kappa shape index (κ1) is 20.7. The van der Waals surface area contributed by atoms with Crippen LogP contribution in [-0.4, -0.2) is 24.6 Å². The molecule has 0 atom stereocenters. The van der Waals surface area contributed by atoms with Gasteiger partial charge in [-0.2, -0.15) is 0 Å². The fraction of sp³-hybridized carbons (Fsp3) is 0.0870. The molecule has 0 saturated heterocycles. The van der Waals surface area contributed by atoms with E-state index >= 15 is 0 Å². The van der Waals surface area contributed by atoms with Crippen molar-refractivity contribution in [1.82, 2.24) is 9.97 Å². The Kier molecular flexibility index (Phi) is 5.99. The minimum absolute atomic E-state index is 0.295. The summed E-state index contributed by atoms with van der Waals surface area (Å²) in [5, 5.41) is 0.668. The SMILES string of the molecule is CS(=O)(=O)c1ccc(-c2[nH]c(-c3ccc(Cl)cc3)nc2CSc2ccccc2)cc1. The number of hydrogen-bond donors (Lipinski definition) is 1. The van der Waals surface area contributed by atoms with E-state index in [0.717, 1.165) is 33.2 Å². The lowest BCUT2D eigenvalue weighted by Gasteiger charge is -2.05. The number of aromatic nitrogens is 2. The van der Waals surface area contributed by atoms with Gasteiger partial charge in [0.15, 0.2) is 9.84 Å². The zero-order chi connectivity index (χ0) is 21.1. The van der Waals surface area contributed by atoms with Crippen molar-refractivity contribution in [3.63, 3.8) is 0 Å². The monoisotopic (exact) mass is 454 g/mol. The van der Waals surface area contributed by atoms with Gasteiger partial charge in [0, 0.05) is 27.5 Å². The molecule has 152 valence electrons. The zero-order valence-electron chi connectivity index (χ0n) is 16.2. The molecule has 1 N–H and O–H groups in total. The van der Waals surface area contributed by atoms with Crippen molar-refractivity contribution >= 4 is 33.2 Å². The molecular weight excluding hydrogens is 436 g/mol. The van der Waals surface area contributed by atoms with E-state index in [2.05, 4.69) is 17.1 Å². The minimum atomic E-state index is -3.24. The molecule has 0 aliphatic heterocycles. The molecule has 4 aromatic rings. The van der Waals surface area contributed by atoms with Crippen LogP contribution in [0.15, 0.2) is 88.7 Å². The number of sulfone groups is 1. The lowest BCUT2D eigenvalue weighted by molar-refractivity contribution is 0.602. The Morgan fingerprint density at radius 1 is 0.900 bits per heavy atom. The molecule has 7 heteroatoms. The Hall–Kier alpha value is -2.54. The van der Waals surface area contributed by atoms with Crippen molar-refractivity contribution in [2.24, 2.45) is 0 Å². The van der Waals surface area contributed by atoms with Crippen LogP contribution < -0.4 is 0 Å². The van der Waals surface area contributed by atoms with E-state index in [9.17, 15) is 8.42 Å². The Labute approximate surface area is 185 Å². The van der Waals surface area contributed by atoms with Gasteiger partial charge in [0.25, 0.3) is 0 Å². The van der Waals surface area contributed by atoms with Crippen LogP contribution in [0.25, 0.3) is 22.6 Å². The Bertz CT molecular complexity index is 1250. The number of rotatable bonds is 6. The number of nitrogens with one attached hydrogen (secondary N) is 1. The maximum Gasteiger partial charge on any atom is 0.175 e. The maximum atomic E-state index is 11.8. The highest BCUT2D eigenvalue weighted by molar-refractivity contribution is 7.98. The Morgan fingerprint density at radius 2 is 1.53 bits per heavy atom. The summed E-state index contributed by atoms with van der Waals surface area (Å²) in [7, 11) is -3.24. The third-order valence-electron chi connectivity index (χ3n) is 4.59. The fourth-order valence-corrected chi connectivity index (χ4v) is 4.65. The number of benzene rings is 3. The normalized spacial score (nSPS) is 11.5.